The maximum Gasteiger partial charge on any atom is 0.537 e. The van der Waals surface area contributed by atoms with Crippen LogP contribution in [0.5, 0.6) is 0 Å². The summed E-state index contributed by atoms with van der Waals surface area (Å²) in [4.78, 5) is 11.7. The second-order valence-corrected chi connectivity index (χ2v) is 14.0. The molecule has 0 saturated carbocycles. The molecule has 0 aromatic heterocycles. The normalized spacial score (nSPS) is 15.3. The van der Waals surface area contributed by atoms with Gasteiger partial charge in [-0.05, 0) is 19.0 Å². The summed E-state index contributed by atoms with van der Waals surface area (Å²) in [7, 11) is -1.84. The van der Waals surface area contributed by atoms with Gasteiger partial charge in [0.15, 0.2) is 0 Å². The van der Waals surface area contributed by atoms with Gasteiger partial charge in [-0.2, -0.15) is 0 Å². The van der Waals surface area contributed by atoms with Gasteiger partial charge in [-0.25, -0.2) is 0 Å². The Kier molecular flexibility index (Phi) is 7.04. The standard InChI is InChI=1S/C21H32O5Si2/c1-20(2,26-28(24-6,25-7)19-16-12-9-13-17-19)21(3,4)27(22,23-5)18-14-10-8-11-15-18/h8-17,22H,1-7H3. The van der Waals surface area contributed by atoms with Crippen LogP contribution in [0.25, 0.3) is 0 Å². The van der Waals surface area contributed by atoms with E-state index < -0.39 is 28.0 Å². The molecule has 0 fully saturated rings. The molecule has 0 spiro atoms. The molecule has 7 heteroatoms. The van der Waals surface area contributed by atoms with E-state index in [1.807, 2.05) is 88.4 Å². The van der Waals surface area contributed by atoms with Crippen molar-refractivity contribution in [1.29, 1.82) is 0 Å². The maximum absolute atomic E-state index is 11.7. The molecule has 0 bridgehead atoms. The predicted molar refractivity (Wildman–Crippen MR) is 116 cm³/mol. The smallest absolute Gasteiger partial charge is 0.407 e. The lowest BCUT2D eigenvalue weighted by Crippen LogP contribution is -2.68. The number of hydrogen-bond donors (Lipinski definition) is 1. The lowest BCUT2D eigenvalue weighted by Gasteiger charge is -2.50. The second kappa shape index (κ2) is 8.58. The van der Waals surface area contributed by atoms with Crippen LogP contribution in [0.1, 0.15) is 27.7 Å². The van der Waals surface area contributed by atoms with Gasteiger partial charge in [-0.3, -0.25) is 0 Å². The van der Waals surface area contributed by atoms with Crippen LogP contribution in [-0.4, -0.2) is 49.1 Å². The van der Waals surface area contributed by atoms with Crippen molar-refractivity contribution in [2.24, 2.45) is 0 Å². The van der Waals surface area contributed by atoms with E-state index in [-0.39, 0.29) is 0 Å². The van der Waals surface area contributed by atoms with Crippen LogP contribution in [0.2, 0.25) is 5.04 Å². The lowest BCUT2D eigenvalue weighted by atomic mass is 9.94. The molecule has 0 heterocycles. The van der Waals surface area contributed by atoms with Crippen molar-refractivity contribution in [3.63, 3.8) is 0 Å². The van der Waals surface area contributed by atoms with Crippen molar-refractivity contribution in [3.8, 4) is 0 Å². The summed E-state index contributed by atoms with van der Waals surface area (Å²) < 4.78 is 24.1. The van der Waals surface area contributed by atoms with Gasteiger partial charge in [-0.1, -0.05) is 74.5 Å². The monoisotopic (exact) mass is 420 g/mol. The first-order valence-corrected chi connectivity index (χ1v) is 12.9. The molecular weight excluding hydrogens is 388 g/mol. The highest BCUT2D eigenvalue weighted by atomic mass is 28.4. The van der Waals surface area contributed by atoms with Crippen LogP contribution in [0.4, 0.5) is 0 Å². The highest BCUT2D eigenvalue weighted by molar-refractivity contribution is 6.83. The van der Waals surface area contributed by atoms with Crippen molar-refractivity contribution >= 4 is 27.7 Å². The van der Waals surface area contributed by atoms with Crippen LogP contribution in [0.3, 0.4) is 0 Å². The summed E-state index contributed by atoms with van der Waals surface area (Å²) in [6.45, 7) is 7.86. The number of benzene rings is 2. The molecule has 1 unspecified atom stereocenters. The summed E-state index contributed by atoms with van der Waals surface area (Å²) >= 11 is 0. The van der Waals surface area contributed by atoms with Crippen LogP contribution in [0, 0.1) is 0 Å². The zero-order valence-corrected chi connectivity index (χ0v) is 19.9. The molecule has 2 aromatic carbocycles. The van der Waals surface area contributed by atoms with E-state index in [4.69, 9.17) is 17.7 Å². The Morgan fingerprint density at radius 1 is 0.679 bits per heavy atom. The molecule has 2 rings (SSSR count). The van der Waals surface area contributed by atoms with Crippen molar-refractivity contribution in [1.82, 2.24) is 0 Å². The molecule has 0 amide bonds. The minimum Gasteiger partial charge on any atom is -0.407 e. The lowest BCUT2D eigenvalue weighted by molar-refractivity contribution is -0.0198. The molecule has 28 heavy (non-hydrogen) atoms. The van der Waals surface area contributed by atoms with Crippen molar-refractivity contribution in [3.05, 3.63) is 60.7 Å². The first-order valence-electron chi connectivity index (χ1n) is 9.29. The summed E-state index contributed by atoms with van der Waals surface area (Å²) in [6.07, 6.45) is 0. The third kappa shape index (κ3) is 3.88. The van der Waals surface area contributed by atoms with E-state index in [9.17, 15) is 4.80 Å². The van der Waals surface area contributed by atoms with Gasteiger partial charge < -0.3 is 22.5 Å². The molecule has 0 aliphatic heterocycles. The van der Waals surface area contributed by atoms with Crippen LogP contribution >= 0.6 is 0 Å². The van der Waals surface area contributed by atoms with Crippen LogP contribution in [0.15, 0.2) is 60.7 Å². The van der Waals surface area contributed by atoms with Gasteiger partial charge in [-0.15, -0.1) is 0 Å². The van der Waals surface area contributed by atoms with Gasteiger partial charge in [0.25, 0.3) is 0 Å². The second-order valence-electron chi connectivity index (χ2n) is 7.78. The Hall–Kier alpha value is -1.33. The molecule has 154 valence electrons. The van der Waals surface area contributed by atoms with E-state index >= 15 is 0 Å². The summed E-state index contributed by atoms with van der Waals surface area (Å²) in [6, 6.07) is 19.2. The fourth-order valence-corrected chi connectivity index (χ4v) is 8.90. The van der Waals surface area contributed by atoms with Crippen molar-refractivity contribution in [2.75, 3.05) is 21.3 Å². The van der Waals surface area contributed by atoms with Gasteiger partial charge in [0.1, 0.15) is 0 Å². The van der Waals surface area contributed by atoms with Crippen molar-refractivity contribution in [2.45, 2.75) is 38.3 Å². The molecule has 5 nitrogen and oxygen atoms in total. The molecule has 2 aromatic rings. The Balaban J connectivity index is 2.50. The van der Waals surface area contributed by atoms with E-state index in [1.54, 1.807) is 21.3 Å². The van der Waals surface area contributed by atoms with Gasteiger partial charge in [0.2, 0.25) is 0 Å². The highest BCUT2D eigenvalue weighted by Gasteiger charge is 2.62. The zero-order valence-electron chi connectivity index (χ0n) is 17.9. The zero-order chi connectivity index (χ0) is 21.1. The first kappa shape index (κ1) is 23.0. The molecule has 0 aliphatic carbocycles. The quantitative estimate of drug-likeness (QED) is 0.632. The van der Waals surface area contributed by atoms with E-state index in [2.05, 4.69) is 0 Å². The molecule has 1 atom stereocenters. The minimum atomic E-state index is -3.40. The average molecular weight is 421 g/mol. The van der Waals surface area contributed by atoms with E-state index in [0.29, 0.717) is 0 Å². The van der Waals surface area contributed by atoms with E-state index in [1.165, 1.54) is 0 Å². The van der Waals surface area contributed by atoms with Gasteiger partial charge in [0.05, 0.1) is 5.60 Å². The third-order valence-corrected chi connectivity index (χ3v) is 12.8. The maximum atomic E-state index is 11.7. The summed E-state index contributed by atoms with van der Waals surface area (Å²) in [5.74, 6) is 0. The van der Waals surface area contributed by atoms with Gasteiger partial charge in [0, 0.05) is 31.6 Å². The molecule has 0 radical (unpaired) electrons. The molecule has 1 N–H and O–H groups in total. The van der Waals surface area contributed by atoms with Gasteiger partial charge >= 0.3 is 17.4 Å². The highest BCUT2D eigenvalue weighted by Crippen LogP contribution is 2.48. The van der Waals surface area contributed by atoms with Crippen LogP contribution < -0.4 is 10.4 Å². The van der Waals surface area contributed by atoms with Crippen LogP contribution in [-0.2, 0) is 17.7 Å². The fraction of sp³-hybridized carbons (Fsp3) is 0.429. The Bertz CT molecular complexity index is 748. The fourth-order valence-electron chi connectivity index (χ4n) is 3.37. The predicted octanol–water partition coefficient (Wildman–Crippen LogP) is 2.69. The average Bonchev–Trinajstić information content (AvgIpc) is 2.72. The minimum absolute atomic E-state index is 0.736. The molecule has 0 aliphatic rings. The molecule has 0 saturated heterocycles. The topological polar surface area (TPSA) is 57.2 Å². The van der Waals surface area contributed by atoms with Crippen molar-refractivity contribution < 1.29 is 22.5 Å². The molecular formula is C21H32O5Si2. The Labute approximate surface area is 170 Å². The summed E-state index contributed by atoms with van der Waals surface area (Å²) in [5, 5.41) is 0.924. The number of hydrogen-bond acceptors (Lipinski definition) is 5. The number of rotatable bonds is 9. The van der Waals surface area contributed by atoms with E-state index in [0.717, 1.165) is 10.4 Å². The summed E-state index contributed by atoms with van der Waals surface area (Å²) in [5.41, 5.74) is -0.825. The third-order valence-electron chi connectivity index (χ3n) is 5.87. The Morgan fingerprint density at radius 2 is 1.11 bits per heavy atom. The Morgan fingerprint density at radius 3 is 1.50 bits per heavy atom. The SMILES string of the molecule is CO[Si](OC)(OC(C)(C)C(C)(C)[Si](O)(OC)c1ccccc1)c1ccccc1. The largest absolute Gasteiger partial charge is 0.537 e. The first-order chi connectivity index (χ1) is 13.1.